The van der Waals surface area contributed by atoms with Crippen LogP contribution in [-0.4, -0.2) is 23.8 Å². The number of carbonyl (C=O) groups is 1. The molecule has 0 aromatic rings. The van der Waals surface area contributed by atoms with Crippen LogP contribution in [0.1, 0.15) is 21.1 Å². The van der Waals surface area contributed by atoms with Gasteiger partial charge in [0.25, 0.3) is 0 Å². The highest BCUT2D eigenvalue weighted by Gasteiger charge is 2.32. The van der Waals surface area contributed by atoms with E-state index in [1.54, 1.807) is 0 Å². The number of carboxylic acids is 1. The number of hydrogen-bond donors (Lipinski definition) is 1. The van der Waals surface area contributed by atoms with E-state index in [0.717, 1.165) is 0 Å². The van der Waals surface area contributed by atoms with Gasteiger partial charge in [0.1, 0.15) is 0 Å². The van der Waals surface area contributed by atoms with E-state index in [2.05, 4.69) is 0 Å². The van der Waals surface area contributed by atoms with Crippen LogP contribution in [0.5, 0.6) is 0 Å². The third-order valence-electron chi connectivity index (χ3n) is 1.79. The van der Waals surface area contributed by atoms with Crippen LogP contribution >= 0.6 is 0 Å². The van der Waals surface area contributed by atoms with Crippen LogP contribution in [0.2, 0.25) is 0 Å². The van der Waals surface area contributed by atoms with Crippen LogP contribution in [-0.2, 0) is 9.53 Å². The van der Waals surface area contributed by atoms with Crippen molar-refractivity contribution in [3.05, 3.63) is 0 Å². The second-order valence-electron chi connectivity index (χ2n) is 2.43. The topological polar surface area (TPSA) is 46.5 Å². The summed E-state index contributed by atoms with van der Waals surface area (Å²) >= 11 is 0. The van der Waals surface area contributed by atoms with Crippen molar-refractivity contribution in [2.24, 2.45) is 5.92 Å². The molecule has 1 heterocycles. The largest absolute Gasteiger partial charge is 0.481 e. The minimum Gasteiger partial charge on any atom is -0.481 e. The molecule has 0 aromatic heterocycles. The molecule has 0 aliphatic carbocycles. The minimum absolute atomic E-state index is 0.255. The van der Waals surface area contributed by atoms with E-state index in [0.29, 0.717) is 12.8 Å². The van der Waals surface area contributed by atoms with E-state index in [1.807, 2.05) is 6.92 Å². The van der Waals surface area contributed by atoms with Gasteiger partial charge in [0.15, 0.2) is 0 Å². The van der Waals surface area contributed by atoms with Crippen LogP contribution in [0.25, 0.3) is 0 Å². The van der Waals surface area contributed by atoms with Gasteiger partial charge in [0, 0.05) is 6.58 Å². The van der Waals surface area contributed by atoms with Crippen LogP contribution in [0.15, 0.2) is 0 Å². The Bertz CT molecular complexity index is 160. The zero-order chi connectivity index (χ0) is 8.43. The Balaban J connectivity index is 2.57. The molecule has 0 radical (unpaired) electrons. The molecule has 3 atom stereocenters. The van der Waals surface area contributed by atoms with E-state index in [-0.39, 0.29) is 6.10 Å². The van der Waals surface area contributed by atoms with Crippen molar-refractivity contribution in [2.45, 2.75) is 25.9 Å². The maximum atomic E-state index is 10.6. The molecule has 0 saturated carbocycles. The summed E-state index contributed by atoms with van der Waals surface area (Å²) in [5.41, 5.74) is 0. The fourth-order valence-corrected chi connectivity index (χ4v) is 1.17. The Morgan fingerprint density at radius 3 is 3.10 bits per heavy atom. The van der Waals surface area contributed by atoms with E-state index >= 15 is 0 Å². The van der Waals surface area contributed by atoms with Crippen molar-refractivity contribution in [1.82, 2.24) is 0 Å². The van der Waals surface area contributed by atoms with Crippen molar-refractivity contribution in [1.29, 1.82) is 0 Å². The third-order valence-corrected chi connectivity index (χ3v) is 1.79. The van der Waals surface area contributed by atoms with Crippen LogP contribution in [0.3, 0.4) is 0 Å². The number of rotatable bonds is 2. The molecule has 3 nitrogen and oxygen atoms in total. The van der Waals surface area contributed by atoms with Gasteiger partial charge in [-0.05, 0) is 12.8 Å². The molecule has 58 valence electrons. The van der Waals surface area contributed by atoms with E-state index in [9.17, 15) is 4.79 Å². The summed E-state index contributed by atoms with van der Waals surface area (Å²) < 4.78 is 12.3. The molecule has 1 aliphatic heterocycles. The highest BCUT2D eigenvalue weighted by molar-refractivity contribution is 5.71. The maximum absolute atomic E-state index is 10.6. The SMILES string of the molecule is [3H]C1CC(C(=O)O)[C@@H](CC)O1. The molecule has 3 heteroatoms. The molecule has 2 unspecified atom stereocenters. The summed E-state index contributed by atoms with van der Waals surface area (Å²) in [6, 6.07) is 0. The van der Waals surface area contributed by atoms with E-state index in [1.165, 1.54) is 0 Å². The lowest BCUT2D eigenvalue weighted by molar-refractivity contribution is -0.143. The molecule has 10 heavy (non-hydrogen) atoms. The van der Waals surface area contributed by atoms with Crippen molar-refractivity contribution >= 4 is 5.97 Å². The number of hydrogen-bond acceptors (Lipinski definition) is 2. The molecule has 1 N–H and O–H groups in total. The van der Waals surface area contributed by atoms with Gasteiger partial charge in [0.05, 0.1) is 13.4 Å². The lowest BCUT2D eigenvalue weighted by Gasteiger charge is -2.10. The molecule has 0 bridgehead atoms. The van der Waals surface area contributed by atoms with E-state index in [4.69, 9.17) is 11.2 Å². The fourth-order valence-electron chi connectivity index (χ4n) is 1.17. The molecule has 1 rings (SSSR count). The van der Waals surface area contributed by atoms with Crippen LogP contribution in [0.4, 0.5) is 0 Å². The Kier molecular flexibility index (Phi) is 1.86. The summed E-state index contributed by atoms with van der Waals surface area (Å²) in [5.74, 6) is -1.31. The predicted molar refractivity (Wildman–Crippen MR) is 35.8 cm³/mol. The standard InChI is InChI=1S/C7H12O3/c1-2-6-5(7(8)9)3-4-10-6/h5-6H,2-4H2,1H3,(H,8,9)/t5?,6-/m1/s1/i4T/t4?,5?,6-. The molecule has 1 saturated heterocycles. The van der Waals surface area contributed by atoms with Gasteiger partial charge in [0.2, 0.25) is 0 Å². The molecule has 1 fully saturated rings. The summed E-state index contributed by atoms with van der Waals surface area (Å²) in [4.78, 5) is 10.6. The Labute approximate surface area is 61.4 Å². The molecule has 0 aromatic carbocycles. The normalized spacial score (nSPS) is 41.3. The first kappa shape index (κ1) is 6.16. The van der Waals surface area contributed by atoms with Gasteiger partial charge in [-0.25, -0.2) is 0 Å². The Hall–Kier alpha value is -0.570. The second-order valence-corrected chi connectivity index (χ2v) is 2.43. The highest BCUT2D eigenvalue weighted by Crippen LogP contribution is 2.22. The van der Waals surface area contributed by atoms with Gasteiger partial charge in [-0.2, -0.15) is 0 Å². The first-order valence-electron chi connectivity index (χ1n) is 4.03. The van der Waals surface area contributed by atoms with E-state index < -0.39 is 18.5 Å². The smallest absolute Gasteiger partial charge is 0.309 e. The Morgan fingerprint density at radius 2 is 2.70 bits per heavy atom. The average molecular weight is 146 g/mol. The average Bonchev–Trinajstić information content (AvgIpc) is 2.30. The maximum Gasteiger partial charge on any atom is 0.309 e. The zero-order valence-electron chi connectivity index (χ0n) is 6.91. The molecule has 0 spiro atoms. The lowest BCUT2D eigenvalue weighted by Crippen LogP contribution is -2.22. The van der Waals surface area contributed by atoms with Crippen LogP contribution in [0, 0.1) is 5.92 Å². The summed E-state index contributed by atoms with van der Waals surface area (Å²) in [6.45, 7) is 1.24. The van der Waals surface area contributed by atoms with Crippen molar-refractivity contribution in [3.63, 3.8) is 0 Å². The van der Waals surface area contributed by atoms with Gasteiger partial charge in [-0.1, -0.05) is 6.92 Å². The summed E-state index contributed by atoms with van der Waals surface area (Å²) in [7, 11) is 0. The predicted octanol–water partition coefficient (Wildman–Crippen LogP) is 0.886. The molecule has 1 aliphatic rings. The first-order valence-corrected chi connectivity index (χ1v) is 3.45. The van der Waals surface area contributed by atoms with Gasteiger partial charge in [-0.15, -0.1) is 0 Å². The first-order chi connectivity index (χ1) is 5.15. The van der Waals surface area contributed by atoms with Gasteiger partial charge < -0.3 is 9.84 Å². The highest BCUT2D eigenvalue weighted by atomic mass is 16.5. The van der Waals surface area contributed by atoms with Gasteiger partial charge >= 0.3 is 5.97 Å². The second kappa shape index (κ2) is 3.01. The summed E-state index contributed by atoms with van der Waals surface area (Å²) in [5, 5.41) is 8.67. The molecular formula is C7H12O3. The minimum atomic E-state index is -0.841. The number of aliphatic carboxylic acids is 1. The number of ether oxygens (including phenoxy) is 1. The zero-order valence-corrected chi connectivity index (χ0v) is 5.91. The Morgan fingerprint density at radius 1 is 2.00 bits per heavy atom. The van der Waals surface area contributed by atoms with Gasteiger partial charge in [-0.3, -0.25) is 4.79 Å². The van der Waals surface area contributed by atoms with Crippen LogP contribution < -0.4 is 0 Å². The third kappa shape index (κ3) is 1.29. The lowest BCUT2D eigenvalue weighted by atomic mass is 10.0. The van der Waals surface area contributed by atoms with Crippen molar-refractivity contribution in [3.8, 4) is 0 Å². The molecule has 0 amide bonds. The quantitative estimate of drug-likeness (QED) is 0.629. The summed E-state index contributed by atoms with van der Waals surface area (Å²) in [6.07, 6.45) is 0.746. The fraction of sp³-hybridized carbons (Fsp3) is 0.857. The van der Waals surface area contributed by atoms with Crippen molar-refractivity contribution in [2.75, 3.05) is 6.58 Å². The number of carboxylic acid groups (broad SMARTS) is 1. The molecular weight excluding hydrogens is 132 g/mol. The van der Waals surface area contributed by atoms with Crippen molar-refractivity contribution < 1.29 is 16.0 Å². The monoisotopic (exact) mass is 146 g/mol.